The minimum Gasteiger partial charge on any atom is -0.384 e. The molecule has 2 rings (SSSR count). The fraction of sp³-hybridized carbons (Fsp3) is 0.500. The number of rotatable bonds is 4. The summed E-state index contributed by atoms with van der Waals surface area (Å²) >= 11 is 0. The van der Waals surface area contributed by atoms with Gasteiger partial charge in [-0.05, 0) is 18.1 Å². The molecule has 0 aromatic heterocycles. The molecule has 4 heteroatoms. The molecule has 18 heavy (non-hydrogen) atoms. The minimum absolute atomic E-state index is 0.130. The van der Waals surface area contributed by atoms with E-state index in [1.807, 2.05) is 18.2 Å². The second-order valence-corrected chi connectivity index (χ2v) is 4.75. The average molecular weight is 247 g/mol. The van der Waals surface area contributed by atoms with E-state index in [1.165, 1.54) is 5.56 Å². The van der Waals surface area contributed by atoms with Crippen molar-refractivity contribution >= 4 is 5.84 Å². The Kier molecular flexibility index (Phi) is 4.33. The molecule has 0 spiro atoms. The summed E-state index contributed by atoms with van der Waals surface area (Å²) in [5.74, 6) is 0.130. The predicted octanol–water partition coefficient (Wildman–Crippen LogP) is 1.58. The third-order valence-electron chi connectivity index (χ3n) is 3.32. The number of nitrogens with zero attached hydrogens (tertiary/aromatic N) is 1. The Bertz CT molecular complexity index is 419. The number of nitrogens with one attached hydrogen (secondary N) is 1. The van der Waals surface area contributed by atoms with Gasteiger partial charge in [0.15, 0.2) is 0 Å². The first-order valence-corrected chi connectivity index (χ1v) is 6.46. The molecule has 0 radical (unpaired) electrons. The van der Waals surface area contributed by atoms with Crippen LogP contribution >= 0.6 is 0 Å². The molecule has 0 amide bonds. The van der Waals surface area contributed by atoms with Crippen LogP contribution in [0.25, 0.3) is 0 Å². The van der Waals surface area contributed by atoms with Crippen molar-refractivity contribution in [3.8, 4) is 0 Å². The highest BCUT2D eigenvalue weighted by atomic mass is 16.5. The Morgan fingerprint density at radius 1 is 1.56 bits per heavy atom. The van der Waals surface area contributed by atoms with Crippen molar-refractivity contribution in [2.24, 2.45) is 5.73 Å². The van der Waals surface area contributed by atoms with Crippen molar-refractivity contribution in [1.29, 1.82) is 5.41 Å². The van der Waals surface area contributed by atoms with Crippen molar-refractivity contribution in [3.05, 3.63) is 35.4 Å². The summed E-state index contributed by atoms with van der Waals surface area (Å²) in [5.41, 5.74) is 7.52. The molecule has 1 unspecified atom stereocenters. The van der Waals surface area contributed by atoms with Crippen molar-refractivity contribution in [3.63, 3.8) is 0 Å². The number of nitrogens with two attached hydrogens (primary N) is 1. The van der Waals surface area contributed by atoms with E-state index in [0.29, 0.717) is 6.10 Å². The average Bonchev–Trinajstić information content (AvgIpc) is 2.39. The van der Waals surface area contributed by atoms with Gasteiger partial charge in [0.25, 0.3) is 0 Å². The molecule has 0 aliphatic carbocycles. The van der Waals surface area contributed by atoms with Crippen LogP contribution in [0, 0.1) is 5.41 Å². The van der Waals surface area contributed by atoms with E-state index in [9.17, 15) is 0 Å². The molecule has 4 nitrogen and oxygen atoms in total. The van der Waals surface area contributed by atoms with Crippen LogP contribution in [0.1, 0.15) is 24.5 Å². The van der Waals surface area contributed by atoms with Gasteiger partial charge in [-0.3, -0.25) is 10.3 Å². The van der Waals surface area contributed by atoms with E-state index in [2.05, 4.69) is 17.9 Å². The minimum atomic E-state index is 0.130. The molecule has 1 atom stereocenters. The SMILES string of the molecule is CCC1CN(Cc2cccc(C(=N)N)c2)CCO1. The summed E-state index contributed by atoms with van der Waals surface area (Å²) in [6.45, 7) is 5.83. The van der Waals surface area contributed by atoms with Gasteiger partial charge in [-0.25, -0.2) is 0 Å². The predicted molar refractivity (Wildman–Crippen MR) is 72.8 cm³/mol. The van der Waals surface area contributed by atoms with Gasteiger partial charge in [0.1, 0.15) is 5.84 Å². The van der Waals surface area contributed by atoms with E-state index in [-0.39, 0.29) is 5.84 Å². The third kappa shape index (κ3) is 3.31. The molecule has 1 aromatic carbocycles. The van der Waals surface area contributed by atoms with Crippen LogP contribution in [0.3, 0.4) is 0 Å². The monoisotopic (exact) mass is 247 g/mol. The van der Waals surface area contributed by atoms with Crippen LogP contribution in [0.2, 0.25) is 0 Å². The maximum atomic E-state index is 7.46. The molecule has 3 N–H and O–H groups in total. The van der Waals surface area contributed by atoms with Crippen LogP contribution < -0.4 is 5.73 Å². The smallest absolute Gasteiger partial charge is 0.122 e. The second kappa shape index (κ2) is 5.98. The van der Waals surface area contributed by atoms with Crippen LogP contribution in [0.5, 0.6) is 0 Å². The lowest BCUT2D eigenvalue weighted by Crippen LogP contribution is -2.41. The van der Waals surface area contributed by atoms with E-state index >= 15 is 0 Å². The van der Waals surface area contributed by atoms with Gasteiger partial charge in [-0.2, -0.15) is 0 Å². The number of ether oxygens (including phenoxy) is 1. The molecule has 98 valence electrons. The van der Waals surface area contributed by atoms with E-state index < -0.39 is 0 Å². The molecule has 1 heterocycles. The van der Waals surface area contributed by atoms with Crippen molar-refractivity contribution in [2.75, 3.05) is 19.7 Å². The van der Waals surface area contributed by atoms with Gasteiger partial charge in [0.2, 0.25) is 0 Å². The summed E-state index contributed by atoms with van der Waals surface area (Å²) in [6, 6.07) is 7.92. The van der Waals surface area contributed by atoms with Crippen LogP contribution in [-0.4, -0.2) is 36.5 Å². The zero-order chi connectivity index (χ0) is 13.0. The number of nitrogen functional groups attached to an aromatic ring is 1. The molecular formula is C14H21N3O. The van der Waals surface area contributed by atoms with Gasteiger partial charge in [-0.1, -0.05) is 25.1 Å². The molecule has 1 saturated heterocycles. The Morgan fingerprint density at radius 2 is 2.39 bits per heavy atom. The topological polar surface area (TPSA) is 62.3 Å². The molecule has 1 fully saturated rings. The first kappa shape index (κ1) is 13.1. The fourth-order valence-electron chi connectivity index (χ4n) is 2.27. The highest BCUT2D eigenvalue weighted by Crippen LogP contribution is 2.13. The highest BCUT2D eigenvalue weighted by molar-refractivity contribution is 5.95. The third-order valence-corrected chi connectivity index (χ3v) is 3.32. The van der Waals surface area contributed by atoms with E-state index in [4.69, 9.17) is 15.9 Å². The van der Waals surface area contributed by atoms with Crippen molar-refractivity contribution < 1.29 is 4.74 Å². The van der Waals surface area contributed by atoms with Gasteiger partial charge in [0.05, 0.1) is 12.7 Å². The summed E-state index contributed by atoms with van der Waals surface area (Å²) in [5, 5.41) is 7.46. The first-order valence-electron chi connectivity index (χ1n) is 6.46. The maximum Gasteiger partial charge on any atom is 0.122 e. The van der Waals surface area contributed by atoms with E-state index in [1.54, 1.807) is 0 Å². The Labute approximate surface area is 108 Å². The fourth-order valence-corrected chi connectivity index (χ4v) is 2.27. The normalized spacial score (nSPS) is 20.8. The first-order chi connectivity index (χ1) is 8.69. The summed E-state index contributed by atoms with van der Waals surface area (Å²) in [6.07, 6.45) is 1.42. The zero-order valence-corrected chi connectivity index (χ0v) is 10.9. The molecule has 0 bridgehead atoms. The van der Waals surface area contributed by atoms with Crippen LogP contribution in [-0.2, 0) is 11.3 Å². The quantitative estimate of drug-likeness (QED) is 0.627. The number of hydrogen-bond donors (Lipinski definition) is 2. The van der Waals surface area contributed by atoms with E-state index in [0.717, 1.165) is 38.2 Å². The van der Waals surface area contributed by atoms with Crippen LogP contribution in [0.4, 0.5) is 0 Å². The Hall–Kier alpha value is -1.39. The van der Waals surface area contributed by atoms with Gasteiger partial charge >= 0.3 is 0 Å². The van der Waals surface area contributed by atoms with Gasteiger partial charge in [0, 0.05) is 25.2 Å². The summed E-state index contributed by atoms with van der Waals surface area (Å²) in [4.78, 5) is 2.40. The number of morpholine rings is 1. The van der Waals surface area contributed by atoms with Crippen LogP contribution in [0.15, 0.2) is 24.3 Å². The van der Waals surface area contributed by atoms with Gasteiger partial charge < -0.3 is 10.5 Å². The standard InChI is InChI=1S/C14H21N3O/c1-2-13-10-17(6-7-18-13)9-11-4-3-5-12(8-11)14(15)16/h3-5,8,13H,2,6-7,9-10H2,1H3,(H3,15,16). The molecular weight excluding hydrogens is 226 g/mol. The summed E-state index contributed by atoms with van der Waals surface area (Å²) in [7, 11) is 0. The maximum absolute atomic E-state index is 7.46. The number of benzene rings is 1. The summed E-state index contributed by atoms with van der Waals surface area (Å²) < 4.78 is 5.66. The van der Waals surface area contributed by atoms with Gasteiger partial charge in [-0.15, -0.1) is 0 Å². The zero-order valence-electron chi connectivity index (χ0n) is 10.9. The number of hydrogen-bond acceptors (Lipinski definition) is 3. The largest absolute Gasteiger partial charge is 0.384 e. The number of amidine groups is 1. The molecule has 1 aliphatic rings. The van der Waals surface area contributed by atoms with Crippen molar-refractivity contribution in [1.82, 2.24) is 4.90 Å². The second-order valence-electron chi connectivity index (χ2n) is 4.75. The molecule has 1 aromatic rings. The molecule has 0 saturated carbocycles. The van der Waals surface area contributed by atoms with Crippen molar-refractivity contribution in [2.45, 2.75) is 26.0 Å². The Morgan fingerprint density at radius 3 is 3.11 bits per heavy atom. The Balaban J connectivity index is 2.00. The highest BCUT2D eigenvalue weighted by Gasteiger charge is 2.18. The lowest BCUT2D eigenvalue weighted by atomic mass is 10.1. The lowest BCUT2D eigenvalue weighted by Gasteiger charge is -2.32. The molecule has 1 aliphatic heterocycles. The lowest BCUT2D eigenvalue weighted by molar-refractivity contribution is -0.0324.